The molecule has 0 spiro atoms. The van der Waals surface area contributed by atoms with Gasteiger partial charge in [0.15, 0.2) is 11.2 Å². The van der Waals surface area contributed by atoms with Crippen LogP contribution in [0.1, 0.15) is 26.2 Å². The third kappa shape index (κ3) is 2.75. The molecule has 0 saturated carbocycles. The van der Waals surface area contributed by atoms with Crippen molar-refractivity contribution in [2.75, 3.05) is 0 Å². The fourth-order valence-corrected chi connectivity index (χ4v) is 2.38. The van der Waals surface area contributed by atoms with Crippen LogP contribution in [0.5, 0.6) is 0 Å². The van der Waals surface area contributed by atoms with Crippen molar-refractivity contribution in [1.29, 1.82) is 5.26 Å². The van der Waals surface area contributed by atoms with E-state index >= 15 is 0 Å². The molecule has 0 aliphatic carbocycles. The predicted molar refractivity (Wildman–Crippen MR) is 78.8 cm³/mol. The summed E-state index contributed by atoms with van der Waals surface area (Å²) in [6.07, 6.45) is 3.82. The first-order chi connectivity index (χ1) is 9.97. The van der Waals surface area contributed by atoms with E-state index in [4.69, 9.17) is 5.26 Å². The monoisotopic (exact) mass is 289 g/mol. The minimum atomic E-state index is -0.348. The molecule has 0 fully saturated rings. The molecule has 2 aromatic rings. The highest BCUT2D eigenvalue weighted by atomic mass is 16.2. The van der Waals surface area contributed by atoms with Gasteiger partial charge in [-0.3, -0.25) is 13.9 Å². The molecule has 0 aromatic carbocycles. The van der Waals surface area contributed by atoms with Gasteiger partial charge in [0.2, 0.25) is 0 Å². The van der Waals surface area contributed by atoms with Crippen LogP contribution in [0.25, 0.3) is 11.2 Å². The van der Waals surface area contributed by atoms with Gasteiger partial charge >= 0.3 is 5.69 Å². The molecule has 0 amide bonds. The number of unbranched alkanes of at least 4 members (excludes halogenated alkanes) is 1. The summed E-state index contributed by atoms with van der Waals surface area (Å²) in [7, 11) is 3.35. The van der Waals surface area contributed by atoms with Crippen molar-refractivity contribution in [1.82, 2.24) is 18.7 Å². The quantitative estimate of drug-likeness (QED) is 0.761. The second kappa shape index (κ2) is 5.95. The minimum Gasteiger partial charge on any atom is -0.328 e. The summed E-state index contributed by atoms with van der Waals surface area (Å²) in [4.78, 5) is 28.7. The smallest absolute Gasteiger partial charge is 0.328 e. The van der Waals surface area contributed by atoms with Crippen LogP contribution in [0.15, 0.2) is 15.9 Å². The molecule has 7 nitrogen and oxygen atoms in total. The Kier molecular flexibility index (Phi) is 4.26. The van der Waals surface area contributed by atoms with Crippen molar-refractivity contribution < 1.29 is 0 Å². The van der Waals surface area contributed by atoms with E-state index in [0.717, 1.165) is 12.8 Å². The number of aromatic nitrogens is 4. The molecular weight excluding hydrogens is 270 g/mol. The molecule has 2 aromatic heterocycles. The van der Waals surface area contributed by atoms with Crippen LogP contribution in [0, 0.1) is 17.2 Å². The molecule has 2 heterocycles. The molecule has 1 unspecified atom stereocenters. The van der Waals surface area contributed by atoms with Crippen LogP contribution < -0.4 is 11.2 Å². The molecule has 7 heteroatoms. The molecule has 112 valence electrons. The molecule has 0 aliphatic rings. The third-order valence-corrected chi connectivity index (χ3v) is 3.69. The van der Waals surface area contributed by atoms with Gasteiger partial charge < -0.3 is 4.57 Å². The number of fused-ring (bicyclic) bond motifs is 1. The first-order valence-corrected chi connectivity index (χ1v) is 6.97. The fourth-order valence-electron chi connectivity index (χ4n) is 2.38. The van der Waals surface area contributed by atoms with Crippen LogP contribution in [0.4, 0.5) is 0 Å². The topological polar surface area (TPSA) is 85.6 Å². The normalized spacial score (nSPS) is 12.5. The van der Waals surface area contributed by atoms with Gasteiger partial charge in [-0.2, -0.15) is 5.26 Å². The number of aryl methyl sites for hydroxylation is 2. The van der Waals surface area contributed by atoms with E-state index in [2.05, 4.69) is 11.1 Å². The summed E-state index contributed by atoms with van der Waals surface area (Å²) < 4.78 is 4.28. The van der Waals surface area contributed by atoms with Gasteiger partial charge in [0.1, 0.15) is 0 Å². The van der Waals surface area contributed by atoms with Crippen molar-refractivity contribution in [3.63, 3.8) is 0 Å². The Morgan fingerprint density at radius 2 is 2.05 bits per heavy atom. The number of hydrogen-bond donors (Lipinski definition) is 0. The predicted octanol–water partition coefficient (Wildman–Crippen LogP) is 0.764. The Hall–Kier alpha value is -2.36. The van der Waals surface area contributed by atoms with Gasteiger partial charge in [-0.15, -0.1) is 0 Å². The number of hydrogen-bond acceptors (Lipinski definition) is 4. The average Bonchev–Trinajstić information content (AvgIpc) is 2.86. The van der Waals surface area contributed by atoms with Gasteiger partial charge in [-0.25, -0.2) is 9.78 Å². The van der Waals surface area contributed by atoms with E-state index in [1.165, 1.54) is 15.5 Å². The Morgan fingerprint density at radius 3 is 2.71 bits per heavy atom. The summed E-state index contributed by atoms with van der Waals surface area (Å²) in [5.41, 5.74) is 0.185. The van der Waals surface area contributed by atoms with E-state index in [1.807, 2.05) is 6.92 Å². The van der Waals surface area contributed by atoms with Crippen molar-refractivity contribution in [2.24, 2.45) is 20.0 Å². The highest BCUT2D eigenvalue weighted by molar-refractivity contribution is 5.69. The Bertz CT molecular complexity index is 806. The van der Waals surface area contributed by atoms with E-state index in [-0.39, 0.29) is 17.2 Å². The summed E-state index contributed by atoms with van der Waals surface area (Å²) in [6, 6.07) is 2.18. The molecule has 21 heavy (non-hydrogen) atoms. The van der Waals surface area contributed by atoms with Gasteiger partial charge in [0, 0.05) is 26.6 Å². The van der Waals surface area contributed by atoms with Crippen molar-refractivity contribution in [3.05, 3.63) is 27.2 Å². The second-order valence-corrected chi connectivity index (χ2v) is 5.35. The SMILES string of the molecule is CC(C#N)CCCCn1c(=O)c2c(ncn2C)n(C)c1=O. The highest BCUT2D eigenvalue weighted by Gasteiger charge is 2.14. The van der Waals surface area contributed by atoms with Gasteiger partial charge in [0.05, 0.1) is 12.4 Å². The van der Waals surface area contributed by atoms with Crippen LogP contribution in [0.3, 0.4) is 0 Å². The largest absolute Gasteiger partial charge is 0.332 e. The Labute approximate surface area is 122 Å². The summed E-state index contributed by atoms with van der Waals surface area (Å²) in [5, 5.41) is 8.73. The lowest BCUT2D eigenvalue weighted by Crippen LogP contribution is -2.39. The molecule has 0 radical (unpaired) electrons. The zero-order valence-corrected chi connectivity index (χ0v) is 12.5. The van der Waals surface area contributed by atoms with Crippen LogP contribution >= 0.6 is 0 Å². The molecule has 0 N–H and O–H groups in total. The zero-order chi connectivity index (χ0) is 15.6. The van der Waals surface area contributed by atoms with Crippen molar-refractivity contribution >= 4 is 11.2 Å². The maximum Gasteiger partial charge on any atom is 0.332 e. The fraction of sp³-hybridized carbons (Fsp3) is 0.571. The maximum atomic E-state index is 12.4. The number of nitriles is 1. The van der Waals surface area contributed by atoms with Crippen LogP contribution in [-0.2, 0) is 20.6 Å². The summed E-state index contributed by atoms with van der Waals surface area (Å²) in [5.74, 6) is 0.00380. The number of imidazole rings is 1. The van der Waals surface area contributed by atoms with Crippen molar-refractivity contribution in [2.45, 2.75) is 32.7 Å². The lowest BCUT2D eigenvalue weighted by molar-refractivity contribution is 0.515. The number of nitrogens with zero attached hydrogens (tertiary/aromatic N) is 5. The molecule has 2 rings (SSSR count). The first-order valence-electron chi connectivity index (χ1n) is 6.97. The lowest BCUT2D eigenvalue weighted by atomic mass is 10.1. The second-order valence-electron chi connectivity index (χ2n) is 5.35. The Balaban J connectivity index is 2.28. The van der Waals surface area contributed by atoms with Crippen LogP contribution in [0.2, 0.25) is 0 Å². The molecule has 0 saturated heterocycles. The van der Waals surface area contributed by atoms with Gasteiger partial charge in [-0.05, 0) is 19.8 Å². The van der Waals surface area contributed by atoms with E-state index in [9.17, 15) is 9.59 Å². The van der Waals surface area contributed by atoms with E-state index in [0.29, 0.717) is 24.1 Å². The molecular formula is C14H19N5O2. The van der Waals surface area contributed by atoms with Crippen molar-refractivity contribution in [3.8, 4) is 6.07 Å². The highest BCUT2D eigenvalue weighted by Crippen LogP contribution is 2.07. The summed E-state index contributed by atoms with van der Waals surface area (Å²) >= 11 is 0. The zero-order valence-electron chi connectivity index (χ0n) is 12.5. The van der Waals surface area contributed by atoms with Gasteiger partial charge in [-0.1, -0.05) is 6.42 Å². The average molecular weight is 289 g/mol. The summed E-state index contributed by atoms with van der Waals surface area (Å²) in [6.45, 7) is 2.23. The molecule has 0 bridgehead atoms. The van der Waals surface area contributed by atoms with Crippen LogP contribution in [-0.4, -0.2) is 18.7 Å². The van der Waals surface area contributed by atoms with E-state index in [1.54, 1.807) is 18.7 Å². The molecule has 0 aliphatic heterocycles. The standard InChI is InChI=1S/C14H19N5O2/c1-10(8-15)6-4-5-7-19-13(20)11-12(16-9-17(11)2)18(3)14(19)21/h9-10H,4-7H2,1-3H3. The molecule has 1 atom stereocenters. The lowest BCUT2D eigenvalue weighted by Gasteiger charge is -2.08. The third-order valence-electron chi connectivity index (χ3n) is 3.69. The Morgan fingerprint density at radius 1 is 1.33 bits per heavy atom. The number of rotatable bonds is 5. The minimum absolute atomic E-state index is 0.00380. The first kappa shape index (κ1) is 15.0. The van der Waals surface area contributed by atoms with Gasteiger partial charge in [0.25, 0.3) is 5.56 Å². The van der Waals surface area contributed by atoms with E-state index < -0.39 is 0 Å². The maximum absolute atomic E-state index is 12.4.